The molecule has 0 heterocycles. The standard InChI is InChI=1S/C30H46O8Si/c1-27(31)37-25-23-35-21-19-33-17-15-32-16-18-34-20-22-36-24-26-38-39(30(2,3)4,28-11-7-5-8-12-28)29-13-9-6-10-14-29/h5-14H,15-26H2,1-4H3. The van der Waals surface area contributed by atoms with Crippen LogP contribution in [0.15, 0.2) is 60.7 Å². The monoisotopic (exact) mass is 562 g/mol. The molecule has 0 atom stereocenters. The molecule has 0 saturated carbocycles. The summed E-state index contributed by atoms with van der Waals surface area (Å²) in [5.74, 6) is -0.305. The number of carbonyl (C=O) groups excluding carboxylic acids is 1. The summed E-state index contributed by atoms with van der Waals surface area (Å²) in [6.07, 6.45) is 0. The number of rotatable bonds is 21. The van der Waals surface area contributed by atoms with E-state index in [2.05, 4.69) is 69.3 Å². The fourth-order valence-corrected chi connectivity index (χ4v) is 8.79. The minimum atomic E-state index is -2.52. The van der Waals surface area contributed by atoms with Crippen molar-refractivity contribution in [3.63, 3.8) is 0 Å². The van der Waals surface area contributed by atoms with Gasteiger partial charge in [0.15, 0.2) is 0 Å². The van der Waals surface area contributed by atoms with Gasteiger partial charge in [-0.05, 0) is 15.4 Å². The number of hydrogen-bond acceptors (Lipinski definition) is 8. The SMILES string of the molecule is CC(=O)OCCOCCOCCOCCOCCOCCO[Si](c1ccccc1)(c1ccccc1)C(C)(C)C. The van der Waals surface area contributed by atoms with E-state index in [0.717, 1.165) is 0 Å². The normalized spacial score (nSPS) is 12.0. The van der Waals surface area contributed by atoms with Gasteiger partial charge >= 0.3 is 5.97 Å². The van der Waals surface area contributed by atoms with Crippen LogP contribution >= 0.6 is 0 Å². The van der Waals surface area contributed by atoms with E-state index in [1.54, 1.807) is 0 Å². The largest absolute Gasteiger partial charge is 0.463 e. The van der Waals surface area contributed by atoms with Crippen LogP contribution in [0, 0.1) is 0 Å². The summed E-state index contributed by atoms with van der Waals surface area (Å²) in [5.41, 5.74) is 0. The lowest BCUT2D eigenvalue weighted by Crippen LogP contribution is -2.66. The third-order valence-electron chi connectivity index (χ3n) is 5.98. The molecule has 0 aliphatic heterocycles. The van der Waals surface area contributed by atoms with E-state index in [1.807, 2.05) is 12.1 Å². The highest BCUT2D eigenvalue weighted by Crippen LogP contribution is 2.36. The molecule has 0 bridgehead atoms. The fourth-order valence-electron chi connectivity index (χ4n) is 4.24. The molecule has 2 rings (SSSR count). The predicted molar refractivity (Wildman–Crippen MR) is 154 cm³/mol. The zero-order valence-corrected chi connectivity index (χ0v) is 25.0. The first-order valence-corrected chi connectivity index (χ1v) is 15.6. The summed E-state index contributed by atoms with van der Waals surface area (Å²) in [4.78, 5) is 10.6. The molecule has 218 valence electrons. The van der Waals surface area contributed by atoms with Crippen LogP contribution in [0.2, 0.25) is 5.04 Å². The summed E-state index contributed by atoms with van der Waals surface area (Å²) in [5, 5.41) is 2.48. The van der Waals surface area contributed by atoms with Gasteiger partial charge in [0.2, 0.25) is 0 Å². The molecule has 0 spiro atoms. The number of ether oxygens (including phenoxy) is 6. The van der Waals surface area contributed by atoms with Crippen molar-refractivity contribution in [2.75, 3.05) is 79.3 Å². The van der Waals surface area contributed by atoms with Crippen molar-refractivity contribution < 1.29 is 37.6 Å². The first-order valence-electron chi connectivity index (χ1n) is 13.6. The fraction of sp³-hybridized carbons (Fsp3) is 0.567. The third kappa shape index (κ3) is 12.3. The second-order valence-electron chi connectivity index (χ2n) is 9.91. The van der Waals surface area contributed by atoms with Gasteiger partial charge in [-0.3, -0.25) is 4.79 Å². The summed E-state index contributed by atoms with van der Waals surface area (Å²) in [7, 11) is -2.52. The van der Waals surface area contributed by atoms with Crippen LogP contribution in [0.5, 0.6) is 0 Å². The van der Waals surface area contributed by atoms with E-state index in [4.69, 9.17) is 32.8 Å². The molecule has 0 unspecified atom stereocenters. The van der Waals surface area contributed by atoms with E-state index in [9.17, 15) is 4.79 Å². The maximum atomic E-state index is 10.6. The summed E-state index contributed by atoms with van der Waals surface area (Å²) in [6, 6.07) is 21.2. The van der Waals surface area contributed by atoms with Crippen molar-refractivity contribution in [2.45, 2.75) is 32.7 Å². The molecule has 0 aliphatic rings. The van der Waals surface area contributed by atoms with Gasteiger partial charge < -0.3 is 32.8 Å². The number of benzene rings is 2. The summed E-state index contributed by atoms with van der Waals surface area (Å²) < 4.78 is 39.2. The second-order valence-corrected chi connectivity index (χ2v) is 14.2. The number of carbonyl (C=O) groups is 1. The van der Waals surface area contributed by atoms with Crippen LogP contribution in [0.1, 0.15) is 27.7 Å². The van der Waals surface area contributed by atoms with Crippen LogP contribution in [0.25, 0.3) is 0 Å². The lowest BCUT2D eigenvalue weighted by atomic mass is 10.2. The Morgan fingerprint density at radius 2 is 0.897 bits per heavy atom. The zero-order valence-electron chi connectivity index (χ0n) is 24.0. The summed E-state index contributed by atoms with van der Waals surface area (Å²) >= 11 is 0. The molecular weight excluding hydrogens is 516 g/mol. The van der Waals surface area contributed by atoms with Crippen LogP contribution in [0.3, 0.4) is 0 Å². The molecule has 2 aromatic carbocycles. The maximum absolute atomic E-state index is 10.6. The van der Waals surface area contributed by atoms with E-state index in [1.165, 1.54) is 17.3 Å². The Morgan fingerprint density at radius 3 is 1.23 bits per heavy atom. The van der Waals surface area contributed by atoms with Crippen LogP contribution in [-0.2, 0) is 37.6 Å². The van der Waals surface area contributed by atoms with Gasteiger partial charge in [-0.25, -0.2) is 0 Å². The first kappa shape index (κ1) is 33.1. The van der Waals surface area contributed by atoms with Gasteiger partial charge in [-0.15, -0.1) is 0 Å². The average Bonchev–Trinajstić information content (AvgIpc) is 2.92. The number of esters is 1. The minimum absolute atomic E-state index is 0.0516. The molecule has 0 saturated heterocycles. The van der Waals surface area contributed by atoms with Crippen molar-refractivity contribution in [1.29, 1.82) is 0 Å². The Balaban J connectivity index is 1.56. The van der Waals surface area contributed by atoms with Crippen molar-refractivity contribution in [1.82, 2.24) is 0 Å². The van der Waals surface area contributed by atoms with Crippen molar-refractivity contribution >= 4 is 24.7 Å². The second kappa shape index (κ2) is 19.0. The lowest BCUT2D eigenvalue weighted by Gasteiger charge is -2.43. The number of hydrogen-bond donors (Lipinski definition) is 0. The average molecular weight is 563 g/mol. The quantitative estimate of drug-likeness (QED) is 0.130. The van der Waals surface area contributed by atoms with Crippen molar-refractivity contribution in [3.05, 3.63) is 60.7 Å². The van der Waals surface area contributed by atoms with Gasteiger partial charge in [-0.2, -0.15) is 0 Å². The predicted octanol–water partition coefficient (Wildman–Crippen LogP) is 3.21. The molecule has 0 aliphatic carbocycles. The van der Waals surface area contributed by atoms with Crippen LogP contribution in [0.4, 0.5) is 0 Å². The van der Waals surface area contributed by atoms with Gasteiger partial charge in [0.1, 0.15) is 6.61 Å². The van der Waals surface area contributed by atoms with Crippen molar-refractivity contribution in [2.24, 2.45) is 0 Å². The van der Waals surface area contributed by atoms with Gasteiger partial charge in [0, 0.05) is 6.92 Å². The van der Waals surface area contributed by atoms with Crippen LogP contribution in [-0.4, -0.2) is 93.6 Å². The molecule has 0 N–H and O–H groups in total. The molecule has 0 fully saturated rings. The highest BCUT2D eigenvalue weighted by molar-refractivity contribution is 6.99. The molecule has 2 aromatic rings. The van der Waals surface area contributed by atoms with Gasteiger partial charge in [0.25, 0.3) is 8.32 Å². The Labute approximate surface area is 235 Å². The van der Waals surface area contributed by atoms with E-state index in [-0.39, 0.29) is 17.6 Å². The zero-order chi connectivity index (χ0) is 28.2. The summed E-state index contributed by atoms with van der Waals surface area (Å²) in [6.45, 7) is 13.8. The Hall–Kier alpha value is -2.11. The van der Waals surface area contributed by atoms with Gasteiger partial charge in [-0.1, -0.05) is 81.4 Å². The lowest BCUT2D eigenvalue weighted by molar-refractivity contribution is -0.142. The Bertz CT molecular complexity index is 849. The molecule has 0 amide bonds. The highest BCUT2D eigenvalue weighted by atomic mass is 28.4. The molecule has 0 aromatic heterocycles. The molecule has 9 heteroatoms. The third-order valence-corrected chi connectivity index (χ3v) is 11.0. The highest BCUT2D eigenvalue weighted by Gasteiger charge is 2.49. The molecular formula is C30H46O8Si. The van der Waals surface area contributed by atoms with E-state index >= 15 is 0 Å². The van der Waals surface area contributed by atoms with Gasteiger partial charge in [0.05, 0.1) is 72.7 Å². The van der Waals surface area contributed by atoms with Crippen LogP contribution < -0.4 is 10.4 Å². The Kier molecular flexibility index (Phi) is 16.2. The van der Waals surface area contributed by atoms with E-state index in [0.29, 0.717) is 72.7 Å². The smallest absolute Gasteiger partial charge is 0.302 e. The van der Waals surface area contributed by atoms with E-state index < -0.39 is 8.32 Å². The Morgan fingerprint density at radius 1 is 0.564 bits per heavy atom. The maximum Gasteiger partial charge on any atom is 0.302 e. The topological polar surface area (TPSA) is 81.7 Å². The molecule has 0 radical (unpaired) electrons. The first-order chi connectivity index (χ1) is 18.9. The molecule has 39 heavy (non-hydrogen) atoms. The minimum Gasteiger partial charge on any atom is -0.463 e. The molecule has 8 nitrogen and oxygen atoms in total. The van der Waals surface area contributed by atoms with Crippen molar-refractivity contribution in [3.8, 4) is 0 Å².